The Kier molecular flexibility index (Phi) is 9.73. The molecule has 0 spiro atoms. The predicted octanol–water partition coefficient (Wildman–Crippen LogP) is 9.44. The van der Waals surface area contributed by atoms with Crippen LogP contribution in [0.3, 0.4) is 0 Å². The van der Waals surface area contributed by atoms with E-state index in [2.05, 4.69) is 81.6 Å². The minimum absolute atomic E-state index is 0.325. The fourth-order valence-electron chi connectivity index (χ4n) is 7.33. The summed E-state index contributed by atoms with van der Waals surface area (Å²) in [6.07, 6.45) is 22.6. The lowest BCUT2D eigenvalue weighted by Gasteiger charge is -2.27. The minimum Gasteiger partial charge on any atom is -0.309 e. The molecule has 0 amide bonds. The number of nitrogens with one attached hydrogen (secondary N) is 2. The van der Waals surface area contributed by atoms with E-state index in [0.29, 0.717) is 11.8 Å². The number of nitrogens with zero attached hydrogens (tertiary/aromatic N) is 1. The lowest BCUT2D eigenvalue weighted by atomic mass is 9.79. The zero-order valence-electron chi connectivity index (χ0n) is 25.4. The van der Waals surface area contributed by atoms with Crippen LogP contribution in [0.5, 0.6) is 0 Å². The third-order valence-electron chi connectivity index (χ3n) is 10.5. The number of hydrogen-bond donors (Lipinski definition) is 2. The lowest BCUT2D eigenvalue weighted by molar-refractivity contribution is 0.348. The molecule has 5 rings (SSSR count). The van der Waals surface area contributed by atoms with E-state index in [1.165, 1.54) is 60.0 Å². The van der Waals surface area contributed by atoms with Crippen molar-refractivity contribution in [2.45, 2.75) is 104 Å². The van der Waals surface area contributed by atoms with Crippen molar-refractivity contribution < 1.29 is 0 Å². The largest absolute Gasteiger partial charge is 0.309 e. The molecule has 214 valence electrons. The topological polar surface area (TPSA) is 48.2 Å². The molecule has 0 saturated heterocycles. The monoisotopic (exact) mass is 537 g/mol. The average molecular weight is 538 g/mol. The van der Waals surface area contributed by atoms with Gasteiger partial charge in [-0.3, -0.25) is 4.99 Å². The maximum Gasteiger partial charge on any atom is 0.0800 e. The van der Waals surface area contributed by atoms with Crippen molar-refractivity contribution in [2.75, 3.05) is 6.54 Å². The van der Waals surface area contributed by atoms with E-state index in [4.69, 9.17) is 10.4 Å². The van der Waals surface area contributed by atoms with Gasteiger partial charge in [0.05, 0.1) is 11.4 Å². The maximum absolute atomic E-state index is 8.61. The Morgan fingerprint density at radius 2 is 1.75 bits per heavy atom. The highest BCUT2D eigenvalue weighted by Gasteiger charge is 2.41. The van der Waals surface area contributed by atoms with Crippen LogP contribution in [-0.2, 0) is 0 Å². The molecule has 2 aliphatic carbocycles. The van der Waals surface area contributed by atoms with Gasteiger partial charge in [0.15, 0.2) is 0 Å². The van der Waals surface area contributed by atoms with E-state index >= 15 is 0 Å². The third kappa shape index (κ3) is 7.03. The molecule has 3 heteroatoms. The summed E-state index contributed by atoms with van der Waals surface area (Å²) in [5.41, 5.74) is 8.45. The van der Waals surface area contributed by atoms with Gasteiger partial charge in [0, 0.05) is 12.3 Å². The minimum atomic E-state index is 0.325. The van der Waals surface area contributed by atoms with E-state index in [0.717, 1.165) is 73.9 Å². The van der Waals surface area contributed by atoms with Crippen LogP contribution in [0.2, 0.25) is 0 Å². The second-order valence-electron chi connectivity index (χ2n) is 13.0. The van der Waals surface area contributed by atoms with Crippen LogP contribution in [0.4, 0.5) is 0 Å². The van der Waals surface area contributed by atoms with Crippen LogP contribution in [0.15, 0.2) is 70.4 Å². The molecule has 2 aliphatic heterocycles. The van der Waals surface area contributed by atoms with Crippen molar-refractivity contribution in [3.05, 3.63) is 76.5 Å². The smallest absolute Gasteiger partial charge is 0.0800 e. The molecule has 2 N–H and O–H groups in total. The Morgan fingerprint density at radius 3 is 2.45 bits per heavy atom. The van der Waals surface area contributed by atoms with Gasteiger partial charge in [-0.15, -0.1) is 0 Å². The molecular formula is C37H51N3. The lowest BCUT2D eigenvalue weighted by Crippen LogP contribution is -2.29. The first-order valence-electron chi connectivity index (χ1n) is 16.2. The zero-order chi connectivity index (χ0) is 28.1. The summed E-state index contributed by atoms with van der Waals surface area (Å²) in [6, 6.07) is 9.81. The van der Waals surface area contributed by atoms with E-state index < -0.39 is 0 Å². The molecule has 3 atom stereocenters. The molecule has 0 aromatic heterocycles. The van der Waals surface area contributed by atoms with Crippen molar-refractivity contribution in [1.29, 1.82) is 5.41 Å². The molecule has 40 heavy (non-hydrogen) atoms. The highest BCUT2D eigenvalue weighted by molar-refractivity contribution is 6.00. The first kappa shape index (κ1) is 29.0. The molecule has 0 bridgehead atoms. The van der Waals surface area contributed by atoms with Gasteiger partial charge in [-0.05, 0) is 122 Å². The normalized spacial score (nSPS) is 31.0. The number of allylic oxidation sites excluding steroid dienone is 5. The standard InChI is InChI=1S/C37H51N3/c1-5-33(31-18-16-29(17-19-31)28-14-12-25(2)13-15-28)36-21-20-30(22-23-39-36)32-8-6-11-37(40-24-32)35(38)10-7-9-34-26(3)27(34)4/h5,8,11,16-20,24-28,34,36,38-39H,6-7,9-10,12-15,21-23H2,1-4H3. The third-order valence-corrected chi connectivity index (χ3v) is 10.5. The van der Waals surface area contributed by atoms with Gasteiger partial charge in [0.1, 0.15) is 0 Å². The maximum atomic E-state index is 8.61. The molecule has 3 nitrogen and oxygen atoms in total. The molecule has 1 aromatic rings. The number of benzene rings is 1. The van der Waals surface area contributed by atoms with Crippen molar-refractivity contribution in [1.82, 2.24) is 5.32 Å². The molecule has 0 radical (unpaired) electrons. The van der Waals surface area contributed by atoms with E-state index in [9.17, 15) is 0 Å². The van der Waals surface area contributed by atoms with Gasteiger partial charge >= 0.3 is 0 Å². The first-order valence-corrected chi connectivity index (χ1v) is 16.2. The van der Waals surface area contributed by atoms with Crippen molar-refractivity contribution in [3.63, 3.8) is 0 Å². The van der Waals surface area contributed by atoms with E-state index in [1.54, 1.807) is 0 Å². The number of hydrogen-bond acceptors (Lipinski definition) is 3. The Labute approximate surface area is 243 Å². The summed E-state index contributed by atoms with van der Waals surface area (Å²) in [6.45, 7) is 10.3. The molecule has 2 saturated carbocycles. The van der Waals surface area contributed by atoms with Gasteiger partial charge in [0.2, 0.25) is 0 Å². The van der Waals surface area contributed by atoms with E-state index in [1.807, 2.05) is 6.21 Å². The average Bonchev–Trinajstić information content (AvgIpc) is 3.69. The zero-order valence-corrected chi connectivity index (χ0v) is 25.4. The summed E-state index contributed by atoms with van der Waals surface area (Å²) in [5, 5.41) is 12.4. The van der Waals surface area contributed by atoms with E-state index in [-0.39, 0.29) is 0 Å². The molecule has 2 heterocycles. The van der Waals surface area contributed by atoms with Crippen molar-refractivity contribution >= 4 is 17.5 Å². The summed E-state index contributed by atoms with van der Waals surface area (Å²) in [4.78, 5) is 4.79. The molecular weight excluding hydrogens is 486 g/mol. The van der Waals surface area contributed by atoms with Gasteiger partial charge < -0.3 is 10.7 Å². The van der Waals surface area contributed by atoms with Gasteiger partial charge in [-0.2, -0.15) is 0 Å². The summed E-state index contributed by atoms with van der Waals surface area (Å²) < 4.78 is 0. The van der Waals surface area contributed by atoms with Crippen LogP contribution in [-0.4, -0.2) is 24.5 Å². The molecule has 4 aliphatic rings. The van der Waals surface area contributed by atoms with Gasteiger partial charge in [0.25, 0.3) is 0 Å². The Hall–Kier alpha value is -2.52. The SMILES string of the molecule is CC=C(c1ccc(C2CCC(C)CC2)cc1)C1CC=C(C2=CCC=C(C(=N)CCCC3C(C)C3C)N=C2)CCN1. The predicted molar refractivity (Wildman–Crippen MR) is 172 cm³/mol. The highest BCUT2D eigenvalue weighted by Crippen LogP contribution is 2.48. The fraction of sp³-hybridized carbons (Fsp3) is 0.568. The summed E-state index contributed by atoms with van der Waals surface area (Å²) >= 11 is 0. The fourth-order valence-corrected chi connectivity index (χ4v) is 7.33. The quantitative estimate of drug-likeness (QED) is 0.303. The molecule has 1 aromatic carbocycles. The van der Waals surface area contributed by atoms with Crippen molar-refractivity contribution in [3.8, 4) is 0 Å². The number of rotatable bonds is 9. The number of aliphatic imine (C=N–C) groups is 1. The van der Waals surface area contributed by atoms with Crippen LogP contribution in [0, 0.1) is 29.1 Å². The Balaban J connectivity index is 1.16. The van der Waals surface area contributed by atoms with Crippen LogP contribution in [0.25, 0.3) is 5.57 Å². The van der Waals surface area contributed by atoms with Crippen molar-refractivity contribution in [2.24, 2.45) is 28.7 Å². The summed E-state index contributed by atoms with van der Waals surface area (Å²) in [5.74, 6) is 4.26. The van der Waals surface area contributed by atoms with Crippen LogP contribution < -0.4 is 5.32 Å². The van der Waals surface area contributed by atoms with Gasteiger partial charge in [-0.25, -0.2) is 0 Å². The highest BCUT2D eigenvalue weighted by atomic mass is 14.9. The molecule has 2 fully saturated rings. The molecule has 3 unspecified atom stereocenters. The Bertz CT molecular complexity index is 1180. The van der Waals surface area contributed by atoms with Crippen LogP contribution in [0.1, 0.15) is 109 Å². The van der Waals surface area contributed by atoms with Gasteiger partial charge in [-0.1, -0.05) is 82.2 Å². The first-order chi connectivity index (χ1) is 19.4. The summed E-state index contributed by atoms with van der Waals surface area (Å²) in [7, 11) is 0. The van der Waals surface area contributed by atoms with Crippen LogP contribution >= 0.6 is 0 Å². The Morgan fingerprint density at radius 1 is 1.00 bits per heavy atom. The second-order valence-corrected chi connectivity index (χ2v) is 13.0. The second kappa shape index (κ2) is 13.4.